The predicted octanol–water partition coefficient (Wildman–Crippen LogP) is -5.08. The second-order valence-electron chi connectivity index (χ2n) is 22.3. The van der Waals surface area contributed by atoms with E-state index in [0.717, 1.165) is 0 Å². The smallest absolute Gasteiger partial charge is 0.326 e. The third-order valence-corrected chi connectivity index (χ3v) is 13.5. The number of nitrogens with two attached hydrogens (primary N) is 8. The van der Waals surface area contributed by atoms with Crippen molar-refractivity contribution in [3.8, 4) is 5.75 Å². The van der Waals surface area contributed by atoms with Crippen LogP contribution in [-0.4, -0.2) is 173 Å². The Morgan fingerprint density at radius 1 is 0.455 bits per heavy atom. The number of aliphatic imine (C=N–C) groups is 3. The van der Waals surface area contributed by atoms with Crippen LogP contribution in [0.15, 0.2) is 39.2 Å². The monoisotopic (exact) mass is 1240 g/mol. The van der Waals surface area contributed by atoms with Crippen molar-refractivity contribution in [3.05, 3.63) is 29.8 Å². The molecule has 0 fully saturated rings. The van der Waals surface area contributed by atoms with E-state index in [4.69, 9.17) is 45.9 Å². The molecule has 0 saturated carbocycles. The Morgan fingerprint density at radius 3 is 1.25 bits per heavy atom. The second-order valence-corrected chi connectivity index (χ2v) is 22.3. The number of hydrogen-bond acceptors (Lipinski definition) is 16. The zero-order chi connectivity index (χ0) is 67.0. The van der Waals surface area contributed by atoms with Crippen molar-refractivity contribution in [2.75, 3.05) is 19.6 Å². The largest absolute Gasteiger partial charge is 0.508 e. The first-order valence-electron chi connectivity index (χ1n) is 29.1. The number of nitrogens with zero attached hydrogens (tertiary/aromatic N) is 3. The lowest BCUT2D eigenvalue weighted by Gasteiger charge is -2.30. The summed E-state index contributed by atoms with van der Waals surface area (Å²) in [5.41, 5.74) is 44.5. The molecule has 33 nitrogen and oxygen atoms in total. The summed E-state index contributed by atoms with van der Waals surface area (Å²) in [6, 6.07) is -7.92. The van der Waals surface area contributed by atoms with Crippen LogP contribution in [0, 0.1) is 17.8 Å². The lowest BCUT2D eigenvalue weighted by molar-refractivity contribution is -0.142. The highest BCUT2D eigenvalue weighted by atomic mass is 16.4. The molecule has 0 aliphatic heterocycles. The Balaban J connectivity index is 3.46. The zero-order valence-corrected chi connectivity index (χ0v) is 51.6. The van der Waals surface area contributed by atoms with Gasteiger partial charge in [-0.2, -0.15) is 0 Å². The van der Waals surface area contributed by atoms with Crippen LogP contribution in [0.5, 0.6) is 5.75 Å². The van der Waals surface area contributed by atoms with E-state index >= 15 is 0 Å². The molecule has 494 valence electrons. The maximum absolute atomic E-state index is 14.4. The van der Waals surface area contributed by atoms with Crippen molar-refractivity contribution < 1.29 is 63.0 Å². The van der Waals surface area contributed by atoms with Gasteiger partial charge in [-0.3, -0.25) is 62.9 Å². The predicted molar refractivity (Wildman–Crippen MR) is 328 cm³/mol. The molecular weight excluding hydrogens is 1150 g/mol. The number of phenolic OH excluding ortho intramolecular Hbond substituents is 1. The van der Waals surface area contributed by atoms with E-state index < -0.39 is 138 Å². The molecule has 33 heteroatoms. The molecule has 0 aliphatic rings. The van der Waals surface area contributed by atoms with Crippen LogP contribution in [0.4, 0.5) is 0 Å². The number of carboxylic acids is 1. The molecule has 0 spiro atoms. The van der Waals surface area contributed by atoms with Gasteiger partial charge in [0.05, 0.1) is 12.5 Å². The number of hydrogen-bond donors (Lipinski definition) is 19. The fraction of sp³-hybridized carbons (Fsp3) is 0.636. The molecule has 0 heterocycles. The molecule has 1 aromatic carbocycles. The number of carbonyl (C=O) groups excluding carboxylic acids is 10. The minimum atomic E-state index is -1.65. The summed E-state index contributed by atoms with van der Waals surface area (Å²) in [4.78, 5) is 161. The summed E-state index contributed by atoms with van der Waals surface area (Å²) < 4.78 is 0. The quantitative estimate of drug-likeness (QED) is 0.0166. The van der Waals surface area contributed by atoms with Gasteiger partial charge in [0.1, 0.15) is 60.1 Å². The van der Waals surface area contributed by atoms with Gasteiger partial charge in [0, 0.05) is 26.1 Å². The molecule has 0 radical (unpaired) electrons. The minimum absolute atomic E-state index is 0.00510. The fourth-order valence-corrected chi connectivity index (χ4v) is 8.47. The normalized spacial score (nSPS) is 14.8. The Hall–Kier alpha value is -9.04. The summed E-state index contributed by atoms with van der Waals surface area (Å²) in [5.74, 6) is -11.9. The molecule has 1 aromatic rings. The third kappa shape index (κ3) is 30.9. The number of amides is 10. The number of phenols is 1. The van der Waals surface area contributed by atoms with Crippen LogP contribution in [0.3, 0.4) is 0 Å². The van der Waals surface area contributed by atoms with E-state index in [-0.39, 0.29) is 106 Å². The SMILES string of the molecule is CC[C@H](C)[C@H](NC(=O)[C@H](CCCN=C(N)N)NC(=O)[C@H](CC(C)C)NC(=O)[C@H](CC(N)=O)NC(=O)[C@H](C)NC(=O)[C@@H](N)CCCN=C(N)N)C(=O)N[C@@H](CC(C)C)C(=O)N[C@@H](C)C(=O)N[C@@H](CCCN=C(N)N)C(=O)N[C@@H](Cc1ccc(O)cc1)C(=O)O. The molecular formula is C55H96N20O13. The number of nitrogens with one attached hydrogen (secondary N) is 9. The molecule has 10 amide bonds. The summed E-state index contributed by atoms with van der Waals surface area (Å²) in [7, 11) is 0. The molecule has 11 atom stereocenters. The molecule has 0 bridgehead atoms. The van der Waals surface area contributed by atoms with E-state index in [9.17, 15) is 63.0 Å². The number of benzene rings is 1. The van der Waals surface area contributed by atoms with Crippen molar-refractivity contribution in [1.82, 2.24) is 47.9 Å². The standard InChI is InChI=1S/C55H96N20O13/c1-9-29(6)42(51(86)73-37(23-27(2)3)48(83)68-31(8)43(78)69-35(14-11-21-65-54(60)61)46(81)74-40(52(87)88)25-32-16-18-33(76)19-17-32)75-47(82)36(15-12-22-66-55(62)63)70-49(84)38(24-28(4)5)72-50(85)39(26-41(57)77)71-44(79)30(7)67-45(80)34(56)13-10-20-64-53(58)59/h16-19,27-31,34-40,42,76H,9-15,20-26,56H2,1-8H3,(H2,57,77)(H,67,80)(H,68,83)(H,69,78)(H,70,84)(H,71,79)(H,72,85)(H,73,86)(H,74,81)(H,75,82)(H,87,88)(H4,58,59,64)(H4,60,61,65)(H4,62,63,66)/t29-,30-,31-,34-,35-,36-,37-,38-,39-,40-,42-/m0/s1. The van der Waals surface area contributed by atoms with Crippen LogP contribution in [0.25, 0.3) is 0 Å². The van der Waals surface area contributed by atoms with Crippen LogP contribution >= 0.6 is 0 Å². The van der Waals surface area contributed by atoms with E-state index in [0.29, 0.717) is 18.4 Å². The summed E-state index contributed by atoms with van der Waals surface area (Å²) >= 11 is 0. The number of aliphatic carboxylic acids is 1. The fourth-order valence-electron chi connectivity index (χ4n) is 8.47. The Kier molecular flexibility index (Phi) is 34.7. The van der Waals surface area contributed by atoms with Gasteiger partial charge in [0.2, 0.25) is 59.1 Å². The molecule has 0 aromatic heterocycles. The van der Waals surface area contributed by atoms with Gasteiger partial charge in [-0.05, 0) is 101 Å². The second kappa shape index (κ2) is 39.6. The van der Waals surface area contributed by atoms with Gasteiger partial charge in [-0.15, -0.1) is 0 Å². The van der Waals surface area contributed by atoms with Crippen molar-refractivity contribution in [2.24, 2.45) is 78.6 Å². The molecule has 1 rings (SSSR count). The number of aromatic hydroxyl groups is 1. The molecule has 0 aliphatic carbocycles. The van der Waals surface area contributed by atoms with Gasteiger partial charge in [0.25, 0.3) is 0 Å². The number of carbonyl (C=O) groups is 11. The topological polar surface area (TPSA) is 582 Å². The highest BCUT2D eigenvalue weighted by molar-refractivity contribution is 5.99. The number of carboxylic acid groups (broad SMARTS) is 1. The summed E-state index contributed by atoms with van der Waals surface area (Å²) in [5, 5.41) is 42.6. The Bertz CT molecular complexity index is 2590. The van der Waals surface area contributed by atoms with Crippen LogP contribution in [0.1, 0.15) is 125 Å². The van der Waals surface area contributed by atoms with Gasteiger partial charge < -0.3 is 104 Å². The number of rotatable bonds is 41. The van der Waals surface area contributed by atoms with Crippen molar-refractivity contribution in [3.63, 3.8) is 0 Å². The van der Waals surface area contributed by atoms with E-state index in [1.54, 1.807) is 41.5 Å². The van der Waals surface area contributed by atoms with Gasteiger partial charge in [0.15, 0.2) is 17.9 Å². The lowest BCUT2D eigenvalue weighted by atomic mass is 9.96. The zero-order valence-electron chi connectivity index (χ0n) is 51.6. The van der Waals surface area contributed by atoms with Crippen LogP contribution in [0.2, 0.25) is 0 Å². The van der Waals surface area contributed by atoms with E-state index in [2.05, 4.69) is 62.8 Å². The molecule has 88 heavy (non-hydrogen) atoms. The van der Waals surface area contributed by atoms with E-state index in [1.807, 2.05) is 0 Å². The first kappa shape index (κ1) is 77.0. The minimum Gasteiger partial charge on any atom is -0.508 e. The number of guanidine groups is 3. The van der Waals surface area contributed by atoms with Gasteiger partial charge in [-0.25, -0.2) is 4.79 Å². The maximum Gasteiger partial charge on any atom is 0.326 e. The van der Waals surface area contributed by atoms with Crippen LogP contribution < -0.4 is 93.7 Å². The van der Waals surface area contributed by atoms with Gasteiger partial charge >= 0.3 is 5.97 Å². The highest BCUT2D eigenvalue weighted by Gasteiger charge is 2.36. The van der Waals surface area contributed by atoms with Crippen molar-refractivity contribution >= 4 is 82.9 Å². The Labute approximate surface area is 512 Å². The van der Waals surface area contributed by atoms with Crippen LogP contribution in [-0.2, 0) is 59.2 Å². The number of primary amides is 1. The maximum atomic E-state index is 14.4. The first-order valence-corrected chi connectivity index (χ1v) is 29.1. The molecule has 0 saturated heterocycles. The summed E-state index contributed by atoms with van der Waals surface area (Å²) in [6.07, 6.45) is -0.00484. The third-order valence-electron chi connectivity index (χ3n) is 13.5. The highest BCUT2D eigenvalue weighted by Crippen LogP contribution is 2.15. The summed E-state index contributed by atoms with van der Waals surface area (Å²) in [6.45, 7) is 13.3. The Morgan fingerprint density at radius 2 is 0.818 bits per heavy atom. The van der Waals surface area contributed by atoms with Crippen molar-refractivity contribution in [1.29, 1.82) is 0 Å². The molecule has 0 unspecified atom stereocenters. The lowest BCUT2D eigenvalue weighted by Crippen LogP contribution is -2.61. The van der Waals surface area contributed by atoms with E-state index in [1.165, 1.54) is 38.1 Å². The van der Waals surface area contributed by atoms with Crippen molar-refractivity contribution in [2.45, 2.75) is 186 Å². The molecule has 27 N–H and O–H groups in total. The first-order chi connectivity index (χ1) is 41.1. The van der Waals surface area contributed by atoms with Gasteiger partial charge in [-0.1, -0.05) is 60.1 Å². The average molecular weight is 1250 g/mol. The average Bonchev–Trinajstić information content (AvgIpc) is 3.65.